The number of unbranched alkanes of at least 4 members (excludes halogenated alkanes) is 8. The molecule has 0 N–H and O–H groups in total. The van der Waals surface area contributed by atoms with Crippen LogP contribution in [0.1, 0.15) is 307 Å². The topological polar surface area (TPSA) is 9.23 Å². The van der Waals surface area contributed by atoms with Gasteiger partial charge in [-0.3, -0.25) is 0 Å². The molecular formula is C72H114F4O. The largest absolute Gasteiger partial charge is 0.451 e. The summed E-state index contributed by atoms with van der Waals surface area (Å²) in [6, 6.07) is 3.40. The van der Waals surface area contributed by atoms with Crippen LogP contribution in [0, 0.1) is 94.3 Å². The second-order valence-corrected chi connectivity index (χ2v) is 28.0. The van der Waals surface area contributed by atoms with Crippen LogP contribution in [0.25, 0.3) is 0 Å². The summed E-state index contributed by atoms with van der Waals surface area (Å²) in [7, 11) is 0. The predicted octanol–water partition coefficient (Wildman–Crippen LogP) is 23.4. The van der Waals surface area contributed by atoms with Gasteiger partial charge in [0.1, 0.15) is 0 Å². The number of halogens is 4. The van der Waals surface area contributed by atoms with E-state index in [1.165, 1.54) is 218 Å². The Morgan fingerprint density at radius 1 is 0.325 bits per heavy atom. The lowest BCUT2D eigenvalue weighted by atomic mass is 9.68. The van der Waals surface area contributed by atoms with Crippen molar-refractivity contribution in [3.8, 4) is 11.5 Å². The van der Waals surface area contributed by atoms with Gasteiger partial charge in [0.25, 0.3) is 0 Å². The SMILES string of the molecule is CCCCCCCC1CCC(C2CCC(CCc3c(CC4CCC(CC)CC4)cc(Oc4cc(CC5CCC(CC)CC5)c(CCC5CCC(C6CCC(CCCCCCC)CC6)CC5)c(F)c4F)c(F)c3F)CC2)CC1. The van der Waals surface area contributed by atoms with Crippen molar-refractivity contribution in [2.45, 2.75) is 310 Å². The van der Waals surface area contributed by atoms with Gasteiger partial charge in [-0.2, -0.15) is 8.78 Å². The molecule has 6 fully saturated rings. The molecule has 0 radical (unpaired) electrons. The number of ether oxygens (including phenoxy) is 1. The maximum absolute atomic E-state index is 16.9. The molecule has 6 aliphatic carbocycles. The van der Waals surface area contributed by atoms with Crippen LogP contribution < -0.4 is 4.74 Å². The lowest BCUT2D eigenvalue weighted by Crippen LogP contribution is -2.26. The first-order valence-corrected chi connectivity index (χ1v) is 34.3. The fourth-order valence-electron chi connectivity index (χ4n) is 17.4. The van der Waals surface area contributed by atoms with E-state index in [0.717, 1.165) is 97.0 Å². The third-order valence-corrected chi connectivity index (χ3v) is 23.0. The summed E-state index contributed by atoms with van der Waals surface area (Å²) in [6.07, 6.45) is 53.4. The number of rotatable bonds is 28. The van der Waals surface area contributed by atoms with Crippen molar-refractivity contribution >= 4 is 0 Å². The molecule has 2 aromatic carbocycles. The Morgan fingerprint density at radius 2 is 0.610 bits per heavy atom. The monoisotopic (exact) mass is 1070 g/mol. The second kappa shape index (κ2) is 32.0. The summed E-state index contributed by atoms with van der Waals surface area (Å²) in [5.74, 6) is 4.24. The van der Waals surface area contributed by atoms with Crippen LogP contribution in [0.2, 0.25) is 0 Å². The van der Waals surface area contributed by atoms with E-state index in [1.54, 1.807) is 12.1 Å². The van der Waals surface area contributed by atoms with Gasteiger partial charge in [-0.15, -0.1) is 0 Å². The minimum Gasteiger partial charge on any atom is -0.451 e. The molecule has 0 aliphatic heterocycles. The van der Waals surface area contributed by atoms with E-state index in [4.69, 9.17) is 4.74 Å². The van der Waals surface area contributed by atoms with Gasteiger partial charge in [-0.05, 0) is 221 Å². The molecule has 1 nitrogen and oxygen atoms in total. The molecule has 77 heavy (non-hydrogen) atoms. The van der Waals surface area contributed by atoms with E-state index in [9.17, 15) is 0 Å². The van der Waals surface area contributed by atoms with Crippen molar-refractivity contribution < 1.29 is 22.3 Å². The molecule has 6 saturated carbocycles. The second-order valence-electron chi connectivity index (χ2n) is 28.0. The molecule has 0 atom stereocenters. The molecule has 5 heteroatoms. The predicted molar refractivity (Wildman–Crippen MR) is 317 cm³/mol. The first-order chi connectivity index (χ1) is 37.6. The number of benzene rings is 2. The fraction of sp³-hybridized carbons (Fsp3) is 0.833. The van der Waals surface area contributed by atoms with E-state index < -0.39 is 23.3 Å². The van der Waals surface area contributed by atoms with Crippen molar-refractivity contribution in [3.63, 3.8) is 0 Å². The van der Waals surface area contributed by atoms with Gasteiger partial charge >= 0.3 is 0 Å². The van der Waals surface area contributed by atoms with Crippen LogP contribution in [0.15, 0.2) is 12.1 Å². The minimum atomic E-state index is -1.05. The molecule has 6 aliphatic rings. The molecule has 8 rings (SSSR count). The van der Waals surface area contributed by atoms with Crippen LogP contribution >= 0.6 is 0 Å². The van der Waals surface area contributed by atoms with Gasteiger partial charge < -0.3 is 4.74 Å². The molecule has 0 saturated heterocycles. The Kier molecular flexibility index (Phi) is 25.3. The Bertz CT molecular complexity index is 1840. The number of hydrogen-bond donors (Lipinski definition) is 0. The Morgan fingerprint density at radius 3 is 0.922 bits per heavy atom. The Labute approximate surface area is 470 Å². The zero-order valence-corrected chi connectivity index (χ0v) is 50.1. The van der Waals surface area contributed by atoms with Gasteiger partial charge in [0.15, 0.2) is 23.1 Å². The zero-order chi connectivity index (χ0) is 53.9. The molecule has 2 aromatic rings. The summed E-state index contributed by atoms with van der Waals surface area (Å²) >= 11 is 0. The third kappa shape index (κ3) is 18.0. The highest BCUT2D eigenvalue weighted by Gasteiger charge is 2.35. The van der Waals surface area contributed by atoms with Crippen molar-refractivity contribution in [3.05, 3.63) is 57.7 Å². The highest BCUT2D eigenvalue weighted by Crippen LogP contribution is 2.47. The van der Waals surface area contributed by atoms with E-state index >= 15 is 17.6 Å². The molecule has 0 aromatic heterocycles. The summed E-state index contributed by atoms with van der Waals surface area (Å²) in [4.78, 5) is 0. The van der Waals surface area contributed by atoms with Gasteiger partial charge in [0, 0.05) is 0 Å². The van der Waals surface area contributed by atoms with E-state index in [2.05, 4.69) is 27.7 Å². The summed E-state index contributed by atoms with van der Waals surface area (Å²) in [6.45, 7) is 9.15. The molecule has 0 bridgehead atoms. The fourth-order valence-corrected chi connectivity index (χ4v) is 17.4. The van der Waals surface area contributed by atoms with Gasteiger partial charge in [0.05, 0.1) is 0 Å². The molecule has 436 valence electrons. The molecule has 0 spiro atoms. The van der Waals surface area contributed by atoms with Crippen LogP contribution in [0.3, 0.4) is 0 Å². The van der Waals surface area contributed by atoms with E-state index in [-0.39, 0.29) is 11.5 Å². The minimum absolute atomic E-state index is 0.289. The first-order valence-electron chi connectivity index (χ1n) is 34.3. The molecular weight excluding hydrogens is 957 g/mol. The lowest BCUT2D eigenvalue weighted by Gasteiger charge is -2.38. The summed E-state index contributed by atoms with van der Waals surface area (Å²) < 4.78 is 73.3. The quantitative estimate of drug-likeness (QED) is 0.0610. The highest BCUT2D eigenvalue weighted by atomic mass is 19.2. The molecule has 0 heterocycles. The van der Waals surface area contributed by atoms with Crippen LogP contribution in [-0.4, -0.2) is 0 Å². The summed E-state index contributed by atoms with van der Waals surface area (Å²) in [5.41, 5.74) is 2.63. The van der Waals surface area contributed by atoms with Gasteiger partial charge in [-0.1, -0.05) is 195 Å². The van der Waals surface area contributed by atoms with Crippen molar-refractivity contribution in [1.29, 1.82) is 0 Å². The van der Waals surface area contributed by atoms with Gasteiger partial charge in [-0.25, -0.2) is 8.78 Å². The van der Waals surface area contributed by atoms with E-state index in [1.807, 2.05) is 0 Å². The maximum atomic E-state index is 16.9. The first kappa shape index (κ1) is 61.0. The molecule has 0 amide bonds. The van der Waals surface area contributed by atoms with Crippen molar-refractivity contribution in [2.75, 3.05) is 0 Å². The average molecular weight is 1070 g/mol. The third-order valence-electron chi connectivity index (χ3n) is 23.0. The van der Waals surface area contributed by atoms with Crippen LogP contribution in [0.5, 0.6) is 11.5 Å². The lowest BCUT2D eigenvalue weighted by molar-refractivity contribution is 0.140. The molecule has 0 unspecified atom stereocenters. The van der Waals surface area contributed by atoms with Crippen LogP contribution in [0.4, 0.5) is 17.6 Å². The van der Waals surface area contributed by atoms with Crippen molar-refractivity contribution in [1.82, 2.24) is 0 Å². The average Bonchev–Trinajstić information content (AvgIpc) is 3.47. The van der Waals surface area contributed by atoms with E-state index in [0.29, 0.717) is 60.5 Å². The zero-order valence-electron chi connectivity index (χ0n) is 50.1. The standard InChI is InChI=1S/C72H114F4O/c1-5-9-11-13-15-17-53-27-37-59(38-28-53)61-41-31-55(32-42-61)35-45-65-63(47-57-23-19-51(7-3)20-24-57)49-67(71(75)69(65)73)77-68-50-64(48-58-25-21-52(8-4)22-26-58)66(70(74)72(68)76)46-36-56-33-43-62(44-34-56)60-39-29-54(30-40-60)18-16-14-12-10-6-2/h49-62H,5-48H2,1-4H3. The van der Waals surface area contributed by atoms with Gasteiger partial charge in [0.2, 0.25) is 11.6 Å². The highest BCUT2D eigenvalue weighted by molar-refractivity contribution is 5.45. The smallest absolute Gasteiger partial charge is 0.201 e. The Balaban J connectivity index is 0.911. The maximum Gasteiger partial charge on any atom is 0.201 e. The summed E-state index contributed by atoms with van der Waals surface area (Å²) in [5, 5.41) is 0. The van der Waals surface area contributed by atoms with Crippen molar-refractivity contribution in [2.24, 2.45) is 71.0 Å². The normalized spacial score (nSPS) is 30.4. The Hall–Kier alpha value is -2.04. The number of hydrogen-bond acceptors (Lipinski definition) is 1. The van der Waals surface area contributed by atoms with Crippen LogP contribution in [-0.2, 0) is 25.7 Å².